The smallest absolute Gasteiger partial charge is 0.227 e. The standard InChI is InChI=1S/C24H28N6O2/c1-15(31)29-10-8-21-19(14-29)24(25-2)28-23(27-21)16-7-9-30(13-16)22(32)11-17-12-26-20-6-4-3-5-18(17)20/h3-6,12,16,26H,7-11,13-14H2,1-2H3,(H,25,27,28). The summed E-state index contributed by atoms with van der Waals surface area (Å²) in [5.41, 5.74) is 4.11. The zero-order valence-electron chi connectivity index (χ0n) is 18.5. The van der Waals surface area contributed by atoms with Gasteiger partial charge in [0.25, 0.3) is 0 Å². The summed E-state index contributed by atoms with van der Waals surface area (Å²) in [6, 6.07) is 8.07. The summed E-state index contributed by atoms with van der Waals surface area (Å²) < 4.78 is 0. The number of carbonyl (C=O) groups is 2. The monoisotopic (exact) mass is 432 g/mol. The molecule has 2 aliphatic rings. The van der Waals surface area contributed by atoms with Gasteiger partial charge in [-0.3, -0.25) is 9.59 Å². The van der Waals surface area contributed by atoms with Crippen LogP contribution in [-0.2, 0) is 29.0 Å². The van der Waals surface area contributed by atoms with Crippen LogP contribution >= 0.6 is 0 Å². The second-order valence-corrected chi connectivity index (χ2v) is 8.66. The fourth-order valence-corrected chi connectivity index (χ4v) is 4.84. The number of para-hydroxylation sites is 1. The van der Waals surface area contributed by atoms with Gasteiger partial charge in [0.05, 0.1) is 18.7 Å². The fraction of sp³-hybridized carbons (Fsp3) is 0.417. The SMILES string of the molecule is CNc1nc(C2CCN(C(=O)Cc3c[nH]c4ccccc34)C2)nc2c1CN(C(C)=O)CC2. The van der Waals surface area contributed by atoms with Crippen LogP contribution in [0.1, 0.15) is 41.9 Å². The third-order valence-corrected chi connectivity index (χ3v) is 6.68. The van der Waals surface area contributed by atoms with Crippen molar-refractivity contribution in [3.63, 3.8) is 0 Å². The Morgan fingerprint density at radius 2 is 2.03 bits per heavy atom. The Labute approximate surface area is 187 Å². The maximum Gasteiger partial charge on any atom is 0.227 e. The lowest BCUT2D eigenvalue weighted by Gasteiger charge is -2.29. The average Bonchev–Trinajstić information content (AvgIpc) is 3.46. The quantitative estimate of drug-likeness (QED) is 0.661. The molecule has 0 bridgehead atoms. The molecule has 1 atom stereocenters. The molecule has 1 unspecified atom stereocenters. The lowest BCUT2D eigenvalue weighted by Crippen LogP contribution is -2.35. The average molecular weight is 433 g/mol. The van der Waals surface area contributed by atoms with Crippen molar-refractivity contribution >= 4 is 28.5 Å². The molecular formula is C24H28N6O2. The Kier molecular flexibility index (Phi) is 5.28. The largest absolute Gasteiger partial charge is 0.373 e. The Morgan fingerprint density at radius 3 is 2.84 bits per heavy atom. The number of carbonyl (C=O) groups excluding carboxylic acids is 2. The highest BCUT2D eigenvalue weighted by molar-refractivity contribution is 5.89. The van der Waals surface area contributed by atoms with E-state index < -0.39 is 0 Å². The third-order valence-electron chi connectivity index (χ3n) is 6.68. The number of nitrogens with one attached hydrogen (secondary N) is 2. The molecule has 2 amide bonds. The molecule has 0 spiro atoms. The van der Waals surface area contributed by atoms with Crippen LogP contribution < -0.4 is 5.32 Å². The Bertz CT molecular complexity index is 1170. The van der Waals surface area contributed by atoms with Gasteiger partial charge < -0.3 is 20.1 Å². The van der Waals surface area contributed by atoms with E-state index in [1.807, 2.05) is 41.2 Å². The van der Waals surface area contributed by atoms with Gasteiger partial charge in [-0.15, -0.1) is 0 Å². The number of nitrogens with zero attached hydrogens (tertiary/aromatic N) is 4. The van der Waals surface area contributed by atoms with Crippen molar-refractivity contribution in [3.8, 4) is 0 Å². The molecular weight excluding hydrogens is 404 g/mol. The van der Waals surface area contributed by atoms with Crippen molar-refractivity contribution in [1.82, 2.24) is 24.8 Å². The molecule has 2 N–H and O–H groups in total. The maximum absolute atomic E-state index is 13.0. The number of rotatable bonds is 4. The molecule has 1 aromatic carbocycles. The van der Waals surface area contributed by atoms with Crippen LogP contribution in [0.25, 0.3) is 10.9 Å². The van der Waals surface area contributed by atoms with Crippen molar-refractivity contribution in [1.29, 1.82) is 0 Å². The van der Waals surface area contributed by atoms with Gasteiger partial charge >= 0.3 is 0 Å². The molecule has 0 radical (unpaired) electrons. The molecule has 8 nitrogen and oxygen atoms in total. The lowest BCUT2D eigenvalue weighted by atomic mass is 10.0. The van der Waals surface area contributed by atoms with Crippen LogP contribution in [0, 0.1) is 0 Å². The number of fused-ring (bicyclic) bond motifs is 2. The summed E-state index contributed by atoms with van der Waals surface area (Å²) in [5, 5.41) is 4.29. The third kappa shape index (κ3) is 3.70. The number of benzene rings is 1. The Balaban J connectivity index is 1.31. The van der Waals surface area contributed by atoms with E-state index in [1.54, 1.807) is 6.92 Å². The van der Waals surface area contributed by atoms with Gasteiger partial charge in [-0.25, -0.2) is 9.97 Å². The van der Waals surface area contributed by atoms with E-state index in [0.29, 0.717) is 26.1 Å². The first-order valence-electron chi connectivity index (χ1n) is 11.2. The van der Waals surface area contributed by atoms with E-state index in [9.17, 15) is 9.59 Å². The van der Waals surface area contributed by atoms with Crippen molar-refractivity contribution in [3.05, 3.63) is 53.1 Å². The number of likely N-dealkylation sites (tertiary alicyclic amines) is 1. The fourth-order valence-electron chi connectivity index (χ4n) is 4.84. The van der Waals surface area contributed by atoms with E-state index in [2.05, 4.69) is 16.4 Å². The van der Waals surface area contributed by atoms with Crippen LogP contribution in [0.15, 0.2) is 30.5 Å². The molecule has 2 aliphatic heterocycles. The Hall–Kier alpha value is -3.42. The van der Waals surface area contributed by atoms with E-state index in [0.717, 1.165) is 58.8 Å². The summed E-state index contributed by atoms with van der Waals surface area (Å²) in [7, 11) is 1.85. The number of hydrogen-bond donors (Lipinski definition) is 2. The summed E-state index contributed by atoms with van der Waals surface area (Å²) in [6.07, 6.45) is 3.92. The molecule has 2 aromatic heterocycles. The van der Waals surface area contributed by atoms with Gasteiger partial charge in [0.2, 0.25) is 11.8 Å². The van der Waals surface area contributed by atoms with E-state index in [-0.39, 0.29) is 17.7 Å². The highest BCUT2D eigenvalue weighted by Crippen LogP contribution is 2.30. The van der Waals surface area contributed by atoms with Crippen molar-refractivity contribution in [2.24, 2.45) is 0 Å². The molecule has 3 aromatic rings. The summed E-state index contributed by atoms with van der Waals surface area (Å²) in [4.78, 5) is 41.5. The number of amides is 2. The molecule has 0 saturated carbocycles. The lowest BCUT2D eigenvalue weighted by molar-refractivity contribution is -0.130. The minimum atomic E-state index is 0.0712. The van der Waals surface area contributed by atoms with Gasteiger partial charge in [0, 0.05) is 68.6 Å². The molecule has 1 fully saturated rings. The van der Waals surface area contributed by atoms with Gasteiger partial charge in [0.1, 0.15) is 11.6 Å². The van der Waals surface area contributed by atoms with E-state index >= 15 is 0 Å². The summed E-state index contributed by atoms with van der Waals surface area (Å²) in [6.45, 7) is 4.19. The number of aromatic amines is 1. The topological polar surface area (TPSA) is 94.2 Å². The minimum absolute atomic E-state index is 0.0712. The molecule has 5 rings (SSSR count). The van der Waals surface area contributed by atoms with Gasteiger partial charge in [-0.2, -0.15) is 0 Å². The highest BCUT2D eigenvalue weighted by atomic mass is 16.2. The number of anilines is 1. The Morgan fingerprint density at radius 1 is 1.19 bits per heavy atom. The number of hydrogen-bond acceptors (Lipinski definition) is 5. The van der Waals surface area contributed by atoms with E-state index in [1.165, 1.54) is 0 Å². The molecule has 166 valence electrons. The zero-order valence-corrected chi connectivity index (χ0v) is 18.5. The summed E-state index contributed by atoms with van der Waals surface area (Å²) in [5.74, 6) is 1.93. The molecule has 4 heterocycles. The van der Waals surface area contributed by atoms with Crippen molar-refractivity contribution < 1.29 is 9.59 Å². The van der Waals surface area contributed by atoms with Crippen molar-refractivity contribution in [2.45, 2.75) is 38.6 Å². The van der Waals surface area contributed by atoms with Crippen LogP contribution in [0.2, 0.25) is 0 Å². The first kappa shape index (κ1) is 20.5. The van der Waals surface area contributed by atoms with Crippen LogP contribution in [0.3, 0.4) is 0 Å². The minimum Gasteiger partial charge on any atom is -0.373 e. The zero-order chi connectivity index (χ0) is 22.2. The predicted octanol–water partition coefficient (Wildman–Crippen LogP) is 2.46. The van der Waals surface area contributed by atoms with Crippen LogP contribution in [-0.4, -0.2) is 63.2 Å². The second-order valence-electron chi connectivity index (χ2n) is 8.66. The number of aromatic nitrogens is 3. The molecule has 8 heteroatoms. The molecule has 0 aliphatic carbocycles. The van der Waals surface area contributed by atoms with E-state index in [4.69, 9.17) is 9.97 Å². The molecule has 1 saturated heterocycles. The van der Waals surface area contributed by atoms with Crippen LogP contribution in [0.5, 0.6) is 0 Å². The highest BCUT2D eigenvalue weighted by Gasteiger charge is 2.31. The van der Waals surface area contributed by atoms with Crippen molar-refractivity contribution in [2.75, 3.05) is 32.0 Å². The maximum atomic E-state index is 13.0. The number of H-pyrrole nitrogens is 1. The first-order valence-corrected chi connectivity index (χ1v) is 11.2. The summed E-state index contributed by atoms with van der Waals surface area (Å²) >= 11 is 0. The van der Waals surface area contributed by atoms with Gasteiger partial charge in [-0.05, 0) is 18.1 Å². The van der Waals surface area contributed by atoms with Crippen LogP contribution in [0.4, 0.5) is 5.82 Å². The first-order chi connectivity index (χ1) is 15.5. The van der Waals surface area contributed by atoms with Gasteiger partial charge in [-0.1, -0.05) is 18.2 Å². The molecule has 32 heavy (non-hydrogen) atoms. The normalized spacial score (nSPS) is 18.1. The van der Waals surface area contributed by atoms with Gasteiger partial charge in [0.15, 0.2) is 0 Å². The predicted molar refractivity (Wildman–Crippen MR) is 122 cm³/mol. The second kappa shape index (κ2) is 8.26.